The Morgan fingerprint density at radius 2 is 1.76 bits per heavy atom. The van der Waals surface area contributed by atoms with Gasteiger partial charge in [-0.25, -0.2) is 0 Å². The van der Waals surface area contributed by atoms with Gasteiger partial charge in [-0.05, 0) is 57.0 Å². The Bertz CT molecular complexity index is 535. The van der Waals surface area contributed by atoms with Crippen LogP contribution < -0.4 is 0 Å². The van der Waals surface area contributed by atoms with Gasteiger partial charge in [0.15, 0.2) is 0 Å². The summed E-state index contributed by atoms with van der Waals surface area (Å²) < 4.78 is 0. The van der Waals surface area contributed by atoms with Gasteiger partial charge in [0.1, 0.15) is 0 Å². The predicted molar refractivity (Wildman–Crippen MR) is 67.7 cm³/mol. The lowest BCUT2D eigenvalue weighted by molar-refractivity contribution is 0.306. The quantitative estimate of drug-likeness (QED) is 0.756. The van der Waals surface area contributed by atoms with E-state index < -0.39 is 0 Å². The molecule has 17 heavy (non-hydrogen) atoms. The minimum absolute atomic E-state index is 0.134. The minimum Gasteiger partial charge on any atom is -0.158 e. The van der Waals surface area contributed by atoms with Gasteiger partial charge in [0, 0.05) is 5.56 Å². The third-order valence-corrected chi connectivity index (χ3v) is 2.78. The first-order chi connectivity index (χ1) is 7.88. The van der Waals surface area contributed by atoms with E-state index in [-0.39, 0.29) is 5.54 Å². The van der Waals surface area contributed by atoms with Gasteiger partial charge in [-0.2, -0.15) is 4.80 Å². The third-order valence-electron chi connectivity index (χ3n) is 2.78. The van der Waals surface area contributed by atoms with Gasteiger partial charge in [-0.15, -0.1) is 10.2 Å². The van der Waals surface area contributed by atoms with Gasteiger partial charge in [0.05, 0.1) is 5.54 Å². The average molecular weight is 230 g/mol. The molecule has 0 saturated heterocycles. The fourth-order valence-electron chi connectivity index (χ4n) is 1.49. The highest BCUT2D eigenvalue weighted by Crippen LogP contribution is 2.19. The van der Waals surface area contributed by atoms with Crippen LogP contribution in [0.3, 0.4) is 0 Å². The first kappa shape index (κ1) is 11.8. The molecule has 1 aromatic heterocycles. The van der Waals surface area contributed by atoms with E-state index >= 15 is 0 Å². The van der Waals surface area contributed by atoms with Crippen molar-refractivity contribution in [3.8, 4) is 11.4 Å². The van der Waals surface area contributed by atoms with Gasteiger partial charge < -0.3 is 0 Å². The lowest BCUT2D eigenvalue weighted by Crippen LogP contribution is -2.24. The van der Waals surface area contributed by atoms with Crippen molar-refractivity contribution in [3.63, 3.8) is 0 Å². The summed E-state index contributed by atoms with van der Waals surface area (Å²) in [7, 11) is 0. The van der Waals surface area contributed by atoms with Crippen LogP contribution in [0.4, 0.5) is 0 Å². The summed E-state index contributed by atoms with van der Waals surface area (Å²) in [5, 5.41) is 12.6. The SMILES string of the molecule is Cc1ccc(-c2nnn(C(C)(C)C)n2)cc1C. The molecule has 0 amide bonds. The summed E-state index contributed by atoms with van der Waals surface area (Å²) in [5.41, 5.74) is 3.40. The van der Waals surface area contributed by atoms with Crippen LogP contribution in [0.5, 0.6) is 0 Å². The average Bonchev–Trinajstić information content (AvgIpc) is 2.70. The second-order valence-electron chi connectivity index (χ2n) is 5.37. The van der Waals surface area contributed by atoms with Crippen molar-refractivity contribution < 1.29 is 0 Å². The van der Waals surface area contributed by atoms with E-state index in [9.17, 15) is 0 Å². The van der Waals surface area contributed by atoms with Gasteiger partial charge in [-0.1, -0.05) is 12.1 Å². The number of aromatic nitrogens is 4. The van der Waals surface area contributed by atoms with E-state index in [1.165, 1.54) is 11.1 Å². The summed E-state index contributed by atoms with van der Waals surface area (Å²) in [6.07, 6.45) is 0. The zero-order valence-corrected chi connectivity index (χ0v) is 11.0. The van der Waals surface area contributed by atoms with Gasteiger partial charge >= 0.3 is 0 Å². The van der Waals surface area contributed by atoms with Gasteiger partial charge in [0.2, 0.25) is 5.82 Å². The van der Waals surface area contributed by atoms with E-state index in [1.54, 1.807) is 4.80 Å². The van der Waals surface area contributed by atoms with Crippen molar-refractivity contribution in [1.82, 2.24) is 20.2 Å². The number of aryl methyl sites for hydroxylation is 2. The molecule has 0 aliphatic heterocycles. The van der Waals surface area contributed by atoms with Crippen LogP contribution in [0.2, 0.25) is 0 Å². The maximum atomic E-state index is 4.42. The first-order valence-electron chi connectivity index (χ1n) is 5.76. The van der Waals surface area contributed by atoms with Crippen LogP contribution in [0.25, 0.3) is 11.4 Å². The molecule has 4 heteroatoms. The Kier molecular flexibility index (Phi) is 2.73. The number of hydrogen-bond donors (Lipinski definition) is 0. The largest absolute Gasteiger partial charge is 0.204 e. The topological polar surface area (TPSA) is 43.6 Å². The smallest absolute Gasteiger partial charge is 0.158 e. The highest BCUT2D eigenvalue weighted by Gasteiger charge is 2.17. The van der Waals surface area contributed by atoms with Crippen LogP contribution in [0, 0.1) is 13.8 Å². The van der Waals surface area contributed by atoms with Crippen LogP contribution in [-0.4, -0.2) is 20.2 Å². The summed E-state index contributed by atoms with van der Waals surface area (Å²) in [6.45, 7) is 10.3. The van der Waals surface area contributed by atoms with E-state index in [2.05, 4.69) is 62.2 Å². The Morgan fingerprint density at radius 1 is 1.06 bits per heavy atom. The summed E-state index contributed by atoms with van der Waals surface area (Å²) in [5.74, 6) is 0.683. The molecule has 2 rings (SSSR count). The highest BCUT2D eigenvalue weighted by atomic mass is 15.6. The number of tetrazole rings is 1. The molecule has 0 aliphatic rings. The highest BCUT2D eigenvalue weighted by molar-refractivity contribution is 5.56. The van der Waals surface area contributed by atoms with E-state index in [0.29, 0.717) is 5.82 Å². The molecule has 0 radical (unpaired) electrons. The van der Waals surface area contributed by atoms with E-state index in [4.69, 9.17) is 0 Å². The predicted octanol–water partition coefficient (Wildman–Crippen LogP) is 2.71. The lowest BCUT2D eigenvalue weighted by atomic mass is 10.1. The molecule has 1 aromatic carbocycles. The molecule has 0 bridgehead atoms. The van der Waals surface area contributed by atoms with E-state index in [0.717, 1.165) is 5.56 Å². The normalized spacial score (nSPS) is 11.8. The molecule has 0 unspecified atom stereocenters. The van der Waals surface area contributed by atoms with E-state index in [1.807, 2.05) is 6.07 Å². The van der Waals surface area contributed by atoms with Crippen LogP contribution in [0.15, 0.2) is 18.2 Å². The molecule has 0 atom stereocenters. The monoisotopic (exact) mass is 230 g/mol. The molecule has 0 N–H and O–H groups in total. The molecule has 0 fully saturated rings. The van der Waals surface area contributed by atoms with Crippen molar-refractivity contribution >= 4 is 0 Å². The molecular formula is C13H18N4. The maximum absolute atomic E-state index is 4.42. The first-order valence-corrected chi connectivity index (χ1v) is 5.76. The minimum atomic E-state index is -0.134. The molecule has 2 aromatic rings. The fourth-order valence-corrected chi connectivity index (χ4v) is 1.49. The molecule has 0 spiro atoms. The summed E-state index contributed by atoms with van der Waals surface area (Å²) >= 11 is 0. The Hall–Kier alpha value is -1.71. The van der Waals surface area contributed by atoms with Crippen molar-refractivity contribution in [2.24, 2.45) is 0 Å². The van der Waals surface area contributed by atoms with Gasteiger partial charge in [-0.3, -0.25) is 0 Å². The molecule has 4 nitrogen and oxygen atoms in total. The van der Waals surface area contributed by atoms with Crippen molar-refractivity contribution in [3.05, 3.63) is 29.3 Å². The molecule has 0 saturated carbocycles. The molecular weight excluding hydrogens is 212 g/mol. The second-order valence-corrected chi connectivity index (χ2v) is 5.37. The Morgan fingerprint density at radius 3 is 2.29 bits per heavy atom. The molecule has 90 valence electrons. The Balaban J connectivity index is 2.40. The van der Waals surface area contributed by atoms with Crippen LogP contribution in [-0.2, 0) is 5.54 Å². The number of rotatable bonds is 1. The standard InChI is InChI=1S/C13H18N4/c1-9-6-7-11(8-10(9)2)12-14-16-17(15-12)13(3,4)5/h6-8H,1-5H3. The second kappa shape index (κ2) is 3.95. The molecule has 0 aliphatic carbocycles. The summed E-state index contributed by atoms with van der Waals surface area (Å²) in [6, 6.07) is 6.22. The van der Waals surface area contributed by atoms with Gasteiger partial charge in [0.25, 0.3) is 0 Å². The lowest BCUT2D eigenvalue weighted by Gasteiger charge is -2.15. The number of nitrogens with zero attached hydrogens (tertiary/aromatic N) is 4. The molecule has 1 heterocycles. The zero-order chi connectivity index (χ0) is 12.6. The van der Waals surface area contributed by atoms with Crippen molar-refractivity contribution in [2.75, 3.05) is 0 Å². The van der Waals surface area contributed by atoms with Crippen molar-refractivity contribution in [2.45, 2.75) is 40.2 Å². The Labute approximate surface area is 102 Å². The maximum Gasteiger partial charge on any atom is 0.204 e. The third kappa shape index (κ3) is 2.35. The van der Waals surface area contributed by atoms with Crippen LogP contribution in [0.1, 0.15) is 31.9 Å². The van der Waals surface area contributed by atoms with Crippen molar-refractivity contribution in [1.29, 1.82) is 0 Å². The number of hydrogen-bond acceptors (Lipinski definition) is 3. The summed E-state index contributed by atoms with van der Waals surface area (Å²) in [4.78, 5) is 1.65. The number of benzene rings is 1. The fraction of sp³-hybridized carbons (Fsp3) is 0.462. The zero-order valence-electron chi connectivity index (χ0n) is 11.0. The van der Waals surface area contributed by atoms with Crippen LogP contribution >= 0.6 is 0 Å².